The number of aryl methyl sites for hydroxylation is 1. The van der Waals surface area contributed by atoms with Crippen molar-refractivity contribution in [1.82, 2.24) is 10.2 Å². The fourth-order valence-corrected chi connectivity index (χ4v) is 6.52. The summed E-state index contributed by atoms with van der Waals surface area (Å²) < 4.78 is 12.5. The maximum absolute atomic E-state index is 13.6. The Morgan fingerprint density at radius 3 is 2.47 bits per heavy atom. The lowest BCUT2D eigenvalue weighted by Gasteiger charge is -2.23. The second kappa shape index (κ2) is 13.9. The highest BCUT2D eigenvalue weighted by Crippen LogP contribution is 2.45. The third-order valence-electron chi connectivity index (χ3n) is 6.92. The van der Waals surface area contributed by atoms with E-state index >= 15 is 0 Å². The Labute approximate surface area is 259 Å². The molecule has 5 rings (SSSR count). The molecule has 1 aliphatic rings. The zero-order valence-electron chi connectivity index (χ0n) is 24.3. The standard InChI is InChI=1S/C33H33N3O5S2/c1-4-6-18-41-25-17-16-24(19-26(25)40-5-2)28-27(29(37)23-10-8-7-9-11-23)30(38)31(39)36(28)32-34-35-33(43-32)42-20-22-14-12-21(3)13-15-22/h7-17,19,28,37H,4-6,18,20H2,1-3H3. The van der Waals surface area contributed by atoms with Crippen LogP contribution in [-0.4, -0.2) is 40.2 Å². The van der Waals surface area contributed by atoms with Crippen molar-refractivity contribution in [2.24, 2.45) is 0 Å². The molecule has 1 saturated heterocycles. The molecule has 1 aromatic heterocycles. The van der Waals surface area contributed by atoms with Crippen LogP contribution in [0.25, 0.3) is 5.76 Å². The van der Waals surface area contributed by atoms with E-state index in [2.05, 4.69) is 41.4 Å². The fraction of sp³-hybridized carbons (Fsp3) is 0.273. The Balaban J connectivity index is 1.55. The summed E-state index contributed by atoms with van der Waals surface area (Å²) in [6.45, 7) is 6.94. The molecule has 1 N–H and O–H groups in total. The maximum atomic E-state index is 13.6. The van der Waals surface area contributed by atoms with Gasteiger partial charge >= 0.3 is 5.91 Å². The molecule has 1 amide bonds. The van der Waals surface area contributed by atoms with E-state index < -0.39 is 17.7 Å². The average Bonchev–Trinajstić information content (AvgIpc) is 3.59. The zero-order chi connectivity index (χ0) is 30.3. The summed E-state index contributed by atoms with van der Waals surface area (Å²) in [4.78, 5) is 28.5. The summed E-state index contributed by atoms with van der Waals surface area (Å²) >= 11 is 2.74. The zero-order valence-corrected chi connectivity index (χ0v) is 25.9. The van der Waals surface area contributed by atoms with Gasteiger partial charge in [-0.05, 0) is 43.5 Å². The number of aliphatic hydroxyl groups is 1. The van der Waals surface area contributed by atoms with Gasteiger partial charge in [-0.1, -0.05) is 103 Å². The molecule has 222 valence electrons. The molecule has 8 nitrogen and oxygen atoms in total. The molecule has 43 heavy (non-hydrogen) atoms. The number of Topliss-reactive ketones (excluding diaryl/α,β-unsaturated/α-hetero) is 1. The Hall–Kier alpha value is -4.15. The van der Waals surface area contributed by atoms with Crippen LogP contribution in [0.3, 0.4) is 0 Å². The lowest BCUT2D eigenvalue weighted by molar-refractivity contribution is -0.132. The van der Waals surface area contributed by atoms with Crippen molar-refractivity contribution in [1.29, 1.82) is 0 Å². The third-order valence-corrected chi connectivity index (χ3v) is 9.04. The minimum Gasteiger partial charge on any atom is -0.507 e. The summed E-state index contributed by atoms with van der Waals surface area (Å²) in [5, 5.41) is 20.3. The molecular formula is C33H33N3O5S2. The predicted octanol–water partition coefficient (Wildman–Crippen LogP) is 7.34. The highest BCUT2D eigenvalue weighted by molar-refractivity contribution is 8.00. The molecule has 1 aliphatic heterocycles. The third kappa shape index (κ3) is 6.76. The first-order valence-corrected chi connectivity index (χ1v) is 16.0. The van der Waals surface area contributed by atoms with Crippen LogP contribution >= 0.6 is 23.1 Å². The Kier molecular flexibility index (Phi) is 9.79. The smallest absolute Gasteiger partial charge is 0.301 e. The fourth-order valence-electron chi connectivity index (χ4n) is 4.69. The number of carbonyl (C=O) groups is 2. The summed E-state index contributed by atoms with van der Waals surface area (Å²) in [7, 11) is 0. The Bertz CT molecular complexity index is 1620. The van der Waals surface area contributed by atoms with Crippen molar-refractivity contribution in [2.75, 3.05) is 18.1 Å². The van der Waals surface area contributed by atoms with Crippen LogP contribution in [0.15, 0.2) is 82.7 Å². The van der Waals surface area contributed by atoms with E-state index in [-0.39, 0.29) is 16.5 Å². The van der Waals surface area contributed by atoms with Gasteiger partial charge in [-0.3, -0.25) is 14.5 Å². The number of aromatic nitrogens is 2. The van der Waals surface area contributed by atoms with Gasteiger partial charge in [-0.25, -0.2) is 0 Å². The number of ketones is 1. The molecule has 0 spiro atoms. The number of hydrogen-bond acceptors (Lipinski definition) is 9. The molecule has 2 heterocycles. The molecule has 4 aromatic rings. The summed E-state index contributed by atoms with van der Waals surface area (Å²) in [6, 6.07) is 21.4. The van der Waals surface area contributed by atoms with Gasteiger partial charge in [0.2, 0.25) is 5.13 Å². The van der Waals surface area contributed by atoms with Crippen molar-refractivity contribution in [3.05, 3.63) is 101 Å². The topological polar surface area (TPSA) is 102 Å². The molecule has 10 heteroatoms. The summed E-state index contributed by atoms with van der Waals surface area (Å²) in [5.41, 5.74) is 3.31. The Morgan fingerprint density at radius 1 is 0.977 bits per heavy atom. The number of nitrogens with zero attached hydrogens (tertiary/aromatic N) is 3. The van der Waals surface area contributed by atoms with Crippen molar-refractivity contribution in [3.8, 4) is 11.5 Å². The van der Waals surface area contributed by atoms with E-state index in [0.29, 0.717) is 45.9 Å². The van der Waals surface area contributed by atoms with Crippen molar-refractivity contribution in [3.63, 3.8) is 0 Å². The first-order valence-electron chi connectivity index (χ1n) is 14.2. The number of unbranched alkanes of at least 4 members (excludes halogenated alkanes) is 1. The van der Waals surface area contributed by atoms with Gasteiger partial charge in [0.1, 0.15) is 5.76 Å². The van der Waals surface area contributed by atoms with Gasteiger partial charge in [-0.15, -0.1) is 10.2 Å². The molecule has 1 unspecified atom stereocenters. The number of benzene rings is 3. The number of anilines is 1. The SMILES string of the molecule is CCCCOc1ccc(C2C(=C(O)c3ccccc3)C(=O)C(=O)N2c2nnc(SCc3ccc(C)cc3)s2)cc1OCC. The maximum Gasteiger partial charge on any atom is 0.301 e. The quantitative estimate of drug-likeness (QED) is 0.0441. The lowest BCUT2D eigenvalue weighted by atomic mass is 9.95. The van der Waals surface area contributed by atoms with E-state index in [4.69, 9.17) is 9.47 Å². The summed E-state index contributed by atoms with van der Waals surface area (Å²) in [5.74, 6) is -0.0851. The predicted molar refractivity (Wildman–Crippen MR) is 170 cm³/mol. The second-order valence-corrected chi connectivity index (χ2v) is 12.2. The van der Waals surface area contributed by atoms with Gasteiger partial charge in [0, 0.05) is 11.3 Å². The molecule has 1 fully saturated rings. The van der Waals surface area contributed by atoms with E-state index in [1.807, 2.05) is 19.9 Å². The largest absolute Gasteiger partial charge is 0.507 e. The number of aliphatic hydroxyl groups excluding tert-OH is 1. The number of thioether (sulfide) groups is 1. The first kappa shape index (κ1) is 30.3. The van der Waals surface area contributed by atoms with E-state index in [1.165, 1.54) is 33.6 Å². The van der Waals surface area contributed by atoms with Crippen LogP contribution in [0.1, 0.15) is 55.0 Å². The molecular weight excluding hydrogens is 583 g/mol. The monoisotopic (exact) mass is 615 g/mol. The van der Waals surface area contributed by atoms with Crippen LogP contribution in [0.2, 0.25) is 0 Å². The van der Waals surface area contributed by atoms with Gasteiger partial charge in [-0.2, -0.15) is 0 Å². The summed E-state index contributed by atoms with van der Waals surface area (Å²) in [6.07, 6.45) is 1.88. The minimum atomic E-state index is -0.952. The molecule has 0 radical (unpaired) electrons. The number of rotatable bonds is 12. The lowest BCUT2D eigenvalue weighted by Crippen LogP contribution is -2.29. The number of hydrogen-bond donors (Lipinski definition) is 1. The molecule has 0 saturated carbocycles. The number of carbonyl (C=O) groups excluding carboxylic acids is 2. The second-order valence-electron chi connectivity index (χ2n) is 10.0. The average molecular weight is 616 g/mol. The van der Waals surface area contributed by atoms with Gasteiger partial charge in [0.05, 0.1) is 24.8 Å². The van der Waals surface area contributed by atoms with Gasteiger partial charge in [0.15, 0.2) is 15.8 Å². The van der Waals surface area contributed by atoms with E-state index in [0.717, 1.165) is 18.4 Å². The van der Waals surface area contributed by atoms with Crippen molar-refractivity contribution < 1.29 is 24.2 Å². The van der Waals surface area contributed by atoms with Gasteiger partial charge < -0.3 is 14.6 Å². The van der Waals surface area contributed by atoms with Crippen molar-refractivity contribution >= 4 is 45.7 Å². The van der Waals surface area contributed by atoms with E-state index in [9.17, 15) is 14.7 Å². The molecule has 0 bridgehead atoms. The minimum absolute atomic E-state index is 0.0256. The van der Waals surface area contributed by atoms with Crippen molar-refractivity contribution in [2.45, 2.75) is 49.7 Å². The van der Waals surface area contributed by atoms with Crippen LogP contribution < -0.4 is 14.4 Å². The number of ether oxygens (including phenoxy) is 2. The first-order chi connectivity index (χ1) is 20.9. The number of amides is 1. The van der Waals surface area contributed by atoms with Crippen LogP contribution in [0.5, 0.6) is 11.5 Å². The highest BCUT2D eigenvalue weighted by Gasteiger charge is 2.48. The van der Waals surface area contributed by atoms with Crippen LogP contribution in [-0.2, 0) is 15.3 Å². The normalized spacial score (nSPS) is 16.1. The molecule has 0 aliphatic carbocycles. The van der Waals surface area contributed by atoms with Crippen LogP contribution in [0.4, 0.5) is 5.13 Å². The van der Waals surface area contributed by atoms with E-state index in [1.54, 1.807) is 42.5 Å². The van der Waals surface area contributed by atoms with Gasteiger partial charge in [0.25, 0.3) is 5.78 Å². The molecule has 3 aromatic carbocycles. The molecule has 1 atom stereocenters. The Morgan fingerprint density at radius 2 is 1.74 bits per heavy atom. The highest BCUT2D eigenvalue weighted by atomic mass is 32.2. The van der Waals surface area contributed by atoms with Crippen LogP contribution in [0, 0.1) is 6.92 Å².